The average molecular weight is 527 g/mol. The molecule has 0 aliphatic heterocycles. The molecule has 3 aliphatic carbocycles. The van der Waals surface area contributed by atoms with E-state index in [1.54, 1.807) is 5.57 Å². The predicted octanol–water partition coefficient (Wildman–Crippen LogP) is 9.79. The van der Waals surface area contributed by atoms with Crippen LogP contribution in [0.5, 0.6) is 0 Å². The van der Waals surface area contributed by atoms with Crippen molar-refractivity contribution < 1.29 is 9.53 Å². The highest BCUT2D eigenvalue weighted by atomic mass is 28.4. The van der Waals surface area contributed by atoms with Crippen LogP contribution < -0.4 is 0 Å². The van der Waals surface area contributed by atoms with E-state index in [9.17, 15) is 5.11 Å². The molecule has 0 saturated heterocycles. The van der Waals surface area contributed by atoms with Crippen molar-refractivity contribution in [3.8, 4) is 0 Å². The zero-order valence-electron chi connectivity index (χ0n) is 25.8. The Bertz CT molecular complexity index is 901. The normalized spacial score (nSPS) is 34.5. The molecule has 2 nitrogen and oxygen atoms in total. The maximum atomic E-state index is 10.9. The van der Waals surface area contributed by atoms with Crippen LogP contribution in [0.15, 0.2) is 47.6 Å². The van der Waals surface area contributed by atoms with E-state index in [1.807, 2.05) is 0 Å². The zero-order valence-corrected chi connectivity index (χ0v) is 26.8. The molecule has 1 unspecified atom stereocenters. The Balaban J connectivity index is 1.78. The molecule has 3 rings (SSSR count). The maximum absolute atomic E-state index is 10.9. The number of aliphatic hydroxyl groups is 1. The smallest absolute Gasteiger partial charge is 0.193 e. The molecule has 0 radical (unpaired) electrons. The number of aliphatic hydroxyl groups excluding tert-OH is 1. The van der Waals surface area contributed by atoms with Gasteiger partial charge in [-0.2, -0.15) is 0 Å². The van der Waals surface area contributed by atoms with E-state index in [1.165, 1.54) is 51.4 Å². The SMILES string of the molecule is C=C1/C(=C\C=C2/CCC[C@]3(C)[C@@H](C(C)CCCC(C)C)CC[C@@H]23)C[C@@H](O)C(=C)[C@@H]1O[Si](C)(C)C(C)(C)C. The van der Waals surface area contributed by atoms with E-state index in [4.69, 9.17) is 4.43 Å². The van der Waals surface area contributed by atoms with Crippen LogP contribution in [-0.4, -0.2) is 25.6 Å². The Morgan fingerprint density at radius 1 is 1.11 bits per heavy atom. The lowest BCUT2D eigenvalue weighted by atomic mass is 9.60. The molecular weight excluding hydrogens is 468 g/mol. The van der Waals surface area contributed by atoms with Crippen LogP contribution in [0.2, 0.25) is 18.1 Å². The molecule has 3 heteroatoms. The Morgan fingerprint density at radius 2 is 1.78 bits per heavy atom. The summed E-state index contributed by atoms with van der Waals surface area (Å²) in [6.07, 6.45) is 15.2. The first kappa shape index (κ1) is 30.6. The molecule has 0 amide bonds. The van der Waals surface area contributed by atoms with Gasteiger partial charge in [0.15, 0.2) is 8.32 Å². The molecule has 37 heavy (non-hydrogen) atoms. The minimum atomic E-state index is -2.03. The van der Waals surface area contributed by atoms with E-state index in [-0.39, 0.29) is 11.1 Å². The fourth-order valence-electron chi connectivity index (χ4n) is 7.30. The van der Waals surface area contributed by atoms with E-state index in [2.05, 4.69) is 86.9 Å². The van der Waals surface area contributed by atoms with Crippen molar-refractivity contribution in [2.45, 2.75) is 137 Å². The molecular formula is C34H58O2Si. The highest BCUT2D eigenvalue weighted by molar-refractivity contribution is 6.74. The summed E-state index contributed by atoms with van der Waals surface area (Å²) in [5.74, 6) is 3.18. The molecule has 1 N–H and O–H groups in total. The summed E-state index contributed by atoms with van der Waals surface area (Å²) in [5, 5.41) is 11.0. The van der Waals surface area contributed by atoms with Crippen molar-refractivity contribution in [2.75, 3.05) is 0 Å². The third kappa shape index (κ3) is 6.64. The lowest BCUT2D eigenvalue weighted by molar-refractivity contribution is 0.0928. The van der Waals surface area contributed by atoms with Gasteiger partial charge in [0, 0.05) is 6.42 Å². The van der Waals surface area contributed by atoms with Gasteiger partial charge in [-0.15, -0.1) is 0 Å². The van der Waals surface area contributed by atoms with Gasteiger partial charge in [-0.05, 0) is 96.0 Å². The van der Waals surface area contributed by atoms with Crippen molar-refractivity contribution >= 4 is 8.32 Å². The van der Waals surface area contributed by atoms with Crippen LogP contribution in [0.1, 0.15) is 106 Å². The molecule has 0 aromatic heterocycles. The van der Waals surface area contributed by atoms with Crippen LogP contribution >= 0.6 is 0 Å². The minimum absolute atomic E-state index is 0.0965. The van der Waals surface area contributed by atoms with Crippen LogP contribution in [-0.2, 0) is 4.43 Å². The second kappa shape index (κ2) is 11.7. The number of allylic oxidation sites excluding steroid dienone is 3. The standard InChI is InChI=1S/C34H58O2Si/c1-23(2)14-12-15-24(3)29-19-20-30-27(16-13-21-34(29,30)9)17-18-28-22-31(35)26(5)32(25(28)4)36-37(10,11)33(6,7)8/h17-18,23-24,29-32,35H,4-5,12-16,19-22H2,1-3,6-11H3/b27-17+,28-18-/t24?,29-,30+,31-,32-,34-/m1/s1. The number of hydrogen-bond donors (Lipinski definition) is 1. The van der Waals surface area contributed by atoms with Crippen LogP contribution in [0.3, 0.4) is 0 Å². The van der Waals surface area contributed by atoms with E-state index in [0.717, 1.165) is 34.5 Å². The van der Waals surface area contributed by atoms with Crippen molar-refractivity contribution in [1.82, 2.24) is 0 Å². The second-order valence-corrected chi connectivity index (χ2v) is 19.7. The first-order valence-corrected chi connectivity index (χ1v) is 18.1. The molecule has 0 spiro atoms. The highest BCUT2D eigenvalue weighted by Gasteiger charge is 2.50. The summed E-state index contributed by atoms with van der Waals surface area (Å²) in [6, 6.07) is 0. The summed E-state index contributed by atoms with van der Waals surface area (Å²) in [6.45, 7) is 29.8. The van der Waals surface area contributed by atoms with Crippen molar-refractivity contribution in [2.24, 2.45) is 29.1 Å². The largest absolute Gasteiger partial charge is 0.406 e. The van der Waals surface area contributed by atoms with Gasteiger partial charge in [0.1, 0.15) is 0 Å². The molecule has 0 bridgehead atoms. The number of hydrogen-bond acceptors (Lipinski definition) is 2. The van der Waals surface area contributed by atoms with Gasteiger partial charge in [-0.25, -0.2) is 0 Å². The maximum Gasteiger partial charge on any atom is 0.193 e. The zero-order chi connectivity index (χ0) is 27.8. The fraction of sp³-hybridized carbons (Fsp3) is 0.765. The summed E-state index contributed by atoms with van der Waals surface area (Å²) in [5.41, 5.74) is 4.98. The third-order valence-corrected chi connectivity index (χ3v) is 15.2. The lowest BCUT2D eigenvalue weighted by Crippen LogP contribution is -2.47. The Labute approximate surface area is 230 Å². The van der Waals surface area contributed by atoms with Gasteiger partial charge < -0.3 is 9.53 Å². The summed E-state index contributed by atoms with van der Waals surface area (Å²) < 4.78 is 6.75. The van der Waals surface area contributed by atoms with E-state index < -0.39 is 14.4 Å². The quantitative estimate of drug-likeness (QED) is 0.252. The Kier molecular flexibility index (Phi) is 9.67. The minimum Gasteiger partial charge on any atom is -0.406 e. The molecule has 0 heterocycles. The van der Waals surface area contributed by atoms with Crippen LogP contribution in [0, 0.1) is 29.1 Å². The fourth-order valence-corrected chi connectivity index (χ4v) is 8.54. The van der Waals surface area contributed by atoms with Gasteiger partial charge in [-0.3, -0.25) is 0 Å². The van der Waals surface area contributed by atoms with Gasteiger partial charge >= 0.3 is 0 Å². The predicted molar refractivity (Wildman–Crippen MR) is 163 cm³/mol. The van der Waals surface area contributed by atoms with Crippen molar-refractivity contribution in [3.63, 3.8) is 0 Å². The monoisotopic (exact) mass is 526 g/mol. The average Bonchev–Trinajstić information content (AvgIpc) is 3.14. The molecule has 3 fully saturated rings. The van der Waals surface area contributed by atoms with Crippen LogP contribution in [0.25, 0.3) is 0 Å². The summed E-state index contributed by atoms with van der Waals surface area (Å²) in [4.78, 5) is 0. The van der Waals surface area contributed by atoms with Gasteiger partial charge in [0.05, 0.1) is 12.2 Å². The first-order chi connectivity index (χ1) is 17.1. The van der Waals surface area contributed by atoms with Gasteiger partial charge in [-0.1, -0.05) is 98.6 Å². The molecule has 0 aromatic rings. The molecule has 3 saturated carbocycles. The van der Waals surface area contributed by atoms with E-state index >= 15 is 0 Å². The topological polar surface area (TPSA) is 29.5 Å². The van der Waals surface area contributed by atoms with Gasteiger partial charge in [0.2, 0.25) is 0 Å². The summed E-state index contributed by atoms with van der Waals surface area (Å²) >= 11 is 0. The third-order valence-electron chi connectivity index (χ3n) is 10.8. The Hall–Kier alpha value is -0.903. The molecule has 6 atom stereocenters. The number of fused-ring (bicyclic) bond motifs is 1. The molecule has 210 valence electrons. The first-order valence-electron chi connectivity index (χ1n) is 15.2. The molecule has 0 aromatic carbocycles. The molecule has 3 aliphatic rings. The van der Waals surface area contributed by atoms with Crippen molar-refractivity contribution in [1.29, 1.82) is 0 Å². The van der Waals surface area contributed by atoms with E-state index in [0.29, 0.717) is 17.8 Å². The van der Waals surface area contributed by atoms with Gasteiger partial charge in [0.25, 0.3) is 0 Å². The van der Waals surface area contributed by atoms with Crippen LogP contribution in [0.4, 0.5) is 0 Å². The highest BCUT2D eigenvalue weighted by Crippen LogP contribution is 2.60. The Morgan fingerprint density at radius 3 is 2.41 bits per heavy atom. The van der Waals surface area contributed by atoms with Crippen molar-refractivity contribution in [3.05, 3.63) is 47.6 Å². The number of rotatable bonds is 8. The summed E-state index contributed by atoms with van der Waals surface area (Å²) in [7, 11) is -2.03. The second-order valence-electron chi connectivity index (χ2n) is 14.9. The lowest BCUT2D eigenvalue weighted by Gasteiger charge is -2.44.